The van der Waals surface area contributed by atoms with Gasteiger partial charge in [-0.1, -0.05) is 43.3 Å². The summed E-state index contributed by atoms with van der Waals surface area (Å²) in [5.41, 5.74) is 0.927. The minimum Gasteiger partial charge on any atom is -0.339 e. The van der Waals surface area contributed by atoms with E-state index in [0.29, 0.717) is 31.1 Å². The van der Waals surface area contributed by atoms with E-state index in [9.17, 15) is 9.59 Å². The van der Waals surface area contributed by atoms with Crippen LogP contribution >= 0.6 is 23.4 Å². The normalized spacial score (nSPS) is 16.8. The van der Waals surface area contributed by atoms with Gasteiger partial charge < -0.3 is 9.80 Å². The Morgan fingerprint density at radius 2 is 2.03 bits per heavy atom. The standard InChI is InChI=1S/C22H30ClN5O2S/c1-15(2)21(30)27-11-10-26(14-16(27)3)20(29)9-6-12-31-22-25-24-17(4)28(22)19-8-5-7-18(23)13-19/h5,7-8,13,15-16H,6,9-12,14H2,1-4H3. The Balaban J connectivity index is 1.49. The average Bonchev–Trinajstić information content (AvgIpc) is 3.10. The zero-order chi connectivity index (χ0) is 22.5. The highest BCUT2D eigenvalue weighted by molar-refractivity contribution is 7.99. The van der Waals surface area contributed by atoms with Crippen molar-refractivity contribution < 1.29 is 9.59 Å². The van der Waals surface area contributed by atoms with Gasteiger partial charge in [0.15, 0.2) is 5.16 Å². The zero-order valence-electron chi connectivity index (χ0n) is 18.5. The molecule has 9 heteroatoms. The van der Waals surface area contributed by atoms with Crippen LogP contribution < -0.4 is 0 Å². The lowest BCUT2D eigenvalue weighted by atomic mass is 10.1. The van der Waals surface area contributed by atoms with E-state index in [0.717, 1.165) is 28.8 Å². The van der Waals surface area contributed by atoms with Crippen LogP contribution in [0.3, 0.4) is 0 Å². The van der Waals surface area contributed by atoms with Gasteiger partial charge in [-0.3, -0.25) is 14.2 Å². The zero-order valence-corrected chi connectivity index (χ0v) is 20.1. The van der Waals surface area contributed by atoms with Crippen molar-refractivity contribution in [2.24, 2.45) is 5.92 Å². The molecule has 2 aromatic rings. The first kappa shape index (κ1) is 23.6. The van der Waals surface area contributed by atoms with Crippen molar-refractivity contribution in [1.82, 2.24) is 24.6 Å². The fourth-order valence-electron chi connectivity index (χ4n) is 3.74. The van der Waals surface area contributed by atoms with Crippen molar-refractivity contribution >= 4 is 35.2 Å². The molecule has 0 radical (unpaired) electrons. The maximum Gasteiger partial charge on any atom is 0.225 e. The van der Waals surface area contributed by atoms with Crippen molar-refractivity contribution in [2.75, 3.05) is 25.4 Å². The molecule has 0 aliphatic carbocycles. The molecule has 1 saturated heterocycles. The van der Waals surface area contributed by atoms with E-state index in [1.54, 1.807) is 11.8 Å². The van der Waals surface area contributed by atoms with Gasteiger partial charge in [0.1, 0.15) is 5.82 Å². The van der Waals surface area contributed by atoms with Gasteiger partial charge in [0, 0.05) is 48.8 Å². The molecule has 1 aliphatic heterocycles. The number of hydrogen-bond acceptors (Lipinski definition) is 5. The number of aryl methyl sites for hydroxylation is 1. The Hall–Kier alpha value is -2.06. The van der Waals surface area contributed by atoms with E-state index in [-0.39, 0.29) is 23.8 Å². The number of hydrogen-bond donors (Lipinski definition) is 0. The van der Waals surface area contributed by atoms with E-state index in [1.807, 2.05) is 66.3 Å². The van der Waals surface area contributed by atoms with Crippen molar-refractivity contribution in [3.63, 3.8) is 0 Å². The maximum atomic E-state index is 12.7. The molecule has 31 heavy (non-hydrogen) atoms. The van der Waals surface area contributed by atoms with Crippen LogP contribution in [0.15, 0.2) is 29.4 Å². The van der Waals surface area contributed by atoms with E-state index in [2.05, 4.69) is 10.2 Å². The number of benzene rings is 1. The number of amides is 2. The highest BCUT2D eigenvalue weighted by Crippen LogP contribution is 2.24. The minimum atomic E-state index is -0.0145. The second-order valence-electron chi connectivity index (χ2n) is 8.17. The largest absolute Gasteiger partial charge is 0.339 e. The van der Waals surface area contributed by atoms with Crippen molar-refractivity contribution in [1.29, 1.82) is 0 Å². The van der Waals surface area contributed by atoms with Gasteiger partial charge in [0.2, 0.25) is 11.8 Å². The Morgan fingerprint density at radius 1 is 1.26 bits per heavy atom. The quantitative estimate of drug-likeness (QED) is 0.461. The maximum absolute atomic E-state index is 12.7. The number of nitrogens with zero attached hydrogens (tertiary/aromatic N) is 5. The van der Waals surface area contributed by atoms with Crippen LogP contribution in [0.4, 0.5) is 0 Å². The molecule has 0 saturated carbocycles. The summed E-state index contributed by atoms with van der Waals surface area (Å²) in [6.07, 6.45) is 1.24. The number of piperazine rings is 1. The molecular weight excluding hydrogens is 434 g/mol. The summed E-state index contributed by atoms with van der Waals surface area (Å²) in [4.78, 5) is 28.7. The van der Waals surface area contributed by atoms with Crippen LogP contribution in [0, 0.1) is 12.8 Å². The van der Waals surface area contributed by atoms with Gasteiger partial charge in [0.25, 0.3) is 0 Å². The van der Waals surface area contributed by atoms with Crippen LogP contribution in [0.2, 0.25) is 5.02 Å². The lowest BCUT2D eigenvalue weighted by Crippen LogP contribution is -2.56. The summed E-state index contributed by atoms with van der Waals surface area (Å²) >= 11 is 7.72. The first-order valence-corrected chi connectivity index (χ1v) is 12.0. The van der Waals surface area contributed by atoms with Gasteiger partial charge in [-0.15, -0.1) is 10.2 Å². The topological polar surface area (TPSA) is 71.3 Å². The summed E-state index contributed by atoms with van der Waals surface area (Å²) < 4.78 is 1.98. The highest BCUT2D eigenvalue weighted by Gasteiger charge is 2.30. The lowest BCUT2D eigenvalue weighted by Gasteiger charge is -2.40. The second-order valence-corrected chi connectivity index (χ2v) is 9.67. The van der Waals surface area contributed by atoms with Gasteiger partial charge in [0.05, 0.1) is 5.69 Å². The van der Waals surface area contributed by atoms with Crippen molar-refractivity contribution in [3.05, 3.63) is 35.1 Å². The molecule has 1 aromatic carbocycles. The van der Waals surface area contributed by atoms with Gasteiger partial charge in [-0.05, 0) is 38.5 Å². The molecule has 0 N–H and O–H groups in total. The summed E-state index contributed by atoms with van der Waals surface area (Å²) in [6, 6.07) is 7.65. The Morgan fingerprint density at radius 3 is 2.71 bits per heavy atom. The smallest absolute Gasteiger partial charge is 0.225 e. The molecule has 168 valence electrons. The summed E-state index contributed by atoms with van der Waals surface area (Å²) in [7, 11) is 0. The Kier molecular flexibility index (Phi) is 8.00. The first-order valence-electron chi connectivity index (χ1n) is 10.7. The predicted octanol–water partition coefficient (Wildman–Crippen LogP) is 3.82. The number of carbonyl (C=O) groups excluding carboxylic acids is 2. The fraction of sp³-hybridized carbons (Fsp3) is 0.545. The molecule has 1 aromatic heterocycles. The fourth-order valence-corrected chi connectivity index (χ4v) is 4.86. The SMILES string of the molecule is Cc1nnc(SCCCC(=O)N2CCN(C(=O)C(C)C)C(C)C2)n1-c1cccc(Cl)c1. The van der Waals surface area contributed by atoms with E-state index >= 15 is 0 Å². The third-order valence-electron chi connectivity index (χ3n) is 5.38. The molecule has 3 rings (SSSR count). The number of rotatable bonds is 7. The molecule has 0 bridgehead atoms. The molecule has 2 heterocycles. The third-order valence-corrected chi connectivity index (χ3v) is 6.64. The van der Waals surface area contributed by atoms with Crippen LogP contribution in [0.5, 0.6) is 0 Å². The van der Waals surface area contributed by atoms with Crippen LogP contribution in [-0.2, 0) is 9.59 Å². The van der Waals surface area contributed by atoms with Gasteiger partial charge >= 0.3 is 0 Å². The third kappa shape index (κ3) is 5.80. The highest BCUT2D eigenvalue weighted by atomic mass is 35.5. The Bertz CT molecular complexity index is 932. The molecule has 0 spiro atoms. The average molecular weight is 464 g/mol. The second kappa shape index (κ2) is 10.5. The van der Waals surface area contributed by atoms with Crippen molar-refractivity contribution in [2.45, 2.75) is 51.7 Å². The van der Waals surface area contributed by atoms with Crippen molar-refractivity contribution in [3.8, 4) is 5.69 Å². The van der Waals surface area contributed by atoms with Crippen LogP contribution in [0.25, 0.3) is 5.69 Å². The van der Waals surface area contributed by atoms with E-state index < -0.39 is 0 Å². The summed E-state index contributed by atoms with van der Waals surface area (Å²) in [5.74, 6) is 1.86. The Labute approximate surface area is 193 Å². The molecular formula is C22H30ClN5O2S. The van der Waals surface area contributed by atoms with Gasteiger partial charge in [-0.25, -0.2) is 0 Å². The monoisotopic (exact) mass is 463 g/mol. The molecule has 1 aliphatic rings. The number of halogens is 1. The molecule has 7 nitrogen and oxygen atoms in total. The first-order chi connectivity index (χ1) is 14.8. The molecule has 1 fully saturated rings. The predicted molar refractivity (Wildman–Crippen MR) is 124 cm³/mol. The van der Waals surface area contributed by atoms with E-state index in [1.165, 1.54) is 0 Å². The lowest BCUT2D eigenvalue weighted by molar-refractivity contribution is -0.144. The number of thioether (sulfide) groups is 1. The minimum absolute atomic E-state index is 0.0145. The summed E-state index contributed by atoms with van der Waals surface area (Å²) in [6.45, 7) is 9.58. The number of carbonyl (C=O) groups is 2. The molecule has 2 amide bonds. The van der Waals surface area contributed by atoms with Crippen LogP contribution in [-0.4, -0.2) is 67.8 Å². The molecule has 1 atom stereocenters. The molecule has 1 unspecified atom stereocenters. The van der Waals surface area contributed by atoms with E-state index in [4.69, 9.17) is 11.6 Å². The van der Waals surface area contributed by atoms with Gasteiger partial charge in [-0.2, -0.15) is 0 Å². The summed E-state index contributed by atoms with van der Waals surface area (Å²) in [5, 5.41) is 9.93. The number of aromatic nitrogens is 3. The van der Waals surface area contributed by atoms with Crippen LogP contribution in [0.1, 0.15) is 39.4 Å².